The number of carbonyl (C=O) groups excluding carboxylic acids is 1. The Morgan fingerprint density at radius 2 is 2.04 bits per heavy atom. The lowest BCUT2D eigenvalue weighted by Gasteiger charge is -2.08. The number of hydrogen-bond acceptors (Lipinski definition) is 3. The van der Waals surface area contributed by atoms with Gasteiger partial charge in [0.2, 0.25) is 5.91 Å². The van der Waals surface area contributed by atoms with Crippen molar-refractivity contribution < 1.29 is 4.79 Å². The summed E-state index contributed by atoms with van der Waals surface area (Å²) in [6, 6.07) is 8.76. The van der Waals surface area contributed by atoms with Crippen molar-refractivity contribution in [2.75, 3.05) is 6.54 Å². The fourth-order valence-electron chi connectivity index (χ4n) is 3.51. The number of carbonyl (C=O) groups is 1. The van der Waals surface area contributed by atoms with Crippen molar-refractivity contribution >= 4 is 5.91 Å². The van der Waals surface area contributed by atoms with Gasteiger partial charge in [0.1, 0.15) is 12.2 Å². The Labute approximate surface area is 148 Å². The molecule has 2 aromatic rings. The first kappa shape index (κ1) is 16.3. The van der Waals surface area contributed by atoms with Crippen LogP contribution in [0.5, 0.6) is 0 Å². The SMILES string of the molecule is CC(C)c1ccc([C@H]2C[C@@H]2C(=O)NCCn2cnnc2C2CC2)cc1. The molecular weight excluding hydrogens is 312 g/mol. The van der Waals surface area contributed by atoms with Crippen molar-refractivity contribution in [3.8, 4) is 0 Å². The highest BCUT2D eigenvalue weighted by molar-refractivity contribution is 5.82. The van der Waals surface area contributed by atoms with Crippen LogP contribution in [0.15, 0.2) is 30.6 Å². The second kappa shape index (κ2) is 6.62. The van der Waals surface area contributed by atoms with Crippen LogP contribution >= 0.6 is 0 Å². The highest BCUT2D eigenvalue weighted by Crippen LogP contribution is 2.47. The first-order chi connectivity index (χ1) is 12.1. The van der Waals surface area contributed by atoms with Crippen LogP contribution in [0.2, 0.25) is 0 Å². The van der Waals surface area contributed by atoms with Gasteiger partial charge in [-0.15, -0.1) is 10.2 Å². The molecular formula is C20H26N4O. The fourth-order valence-corrected chi connectivity index (χ4v) is 3.51. The topological polar surface area (TPSA) is 59.8 Å². The maximum absolute atomic E-state index is 12.4. The second-order valence-corrected chi connectivity index (χ2v) is 7.72. The van der Waals surface area contributed by atoms with E-state index < -0.39 is 0 Å². The van der Waals surface area contributed by atoms with E-state index in [9.17, 15) is 4.79 Å². The number of rotatable bonds is 7. The first-order valence-electron chi connectivity index (χ1n) is 9.38. The van der Waals surface area contributed by atoms with Crippen molar-refractivity contribution in [1.82, 2.24) is 20.1 Å². The number of benzene rings is 1. The summed E-state index contributed by atoms with van der Waals surface area (Å²) in [5, 5.41) is 11.3. The van der Waals surface area contributed by atoms with Crippen molar-refractivity contribution in [1.29, 1.82) is 0 Å². The highest BCUT2D eigenvalue weighted by atomic mass is 16.2. The Kier molecular flexibility index (Phi) is 4.32. The van der Waals surface area contributed by atoms with Crippen LogP contribution in [-0.4, -0.2) is 27.2 Å². The molecule has 25 heavy (non-hydrogen) atoms. The summed E-state index contributed by atoms with van der Waals surface area (Å²) in [4.78, 5) is 12.4. The van der Waals surface area contributed by atoms with Crippen LogP contribution in [0.25, 0.3) is 0 Å². The molecule has 2 saturated carbocycles. The van der Waals surface area contributed by atoms with E-state index in [-0.39, 0.29) is 11.8 Å². The molecule has 2 aliphatic rings. The van der Waals surface area contributed by atoms with Gasteiger partial charge in [-0.3, -0.25) is 4.79 Å². The van der Waals surface area contributed by atoms with Crippen LogP contribution in [0.1, 0.15) is 67.8 Å². The quantitative estimate of drug-likeness (QED) is 0.843. The molecule has 1 amide bonds. The summed E-state index contributed by atoms with van der Waals surface area (Å²) in [7, 11) is 0. The average Bonchev–Trinajstić information content (AvgIpc) is 3.53. The van der Waals surface area contributed by atoms with Crippen LogP contribution in [0.4, 0.5) is 0 Å². The lowest BCUT2D eigenvalue weighted by atomic mass is 10.00. The molecule has 5 nitrogen and oxygen atoms in total. The van der Waals surface area contributed by atoms with E-state index in [1.807, 2.05) is 0 Å². The molecule has 2 fully saturated rings. The second-order valence-electron chi connectivity index (χ2n) is 7.72. The lowest BCUT2D eigenvalue weighted by molar-refractivity contribution is -0.122. The van der Waals surface area contributed by atoms with Gasteiger partial charge in [0.15, 0.2) is 0 Å². The monoisotopic (exact) mass is 338 g/mol. The molecule has 1 aromatic heterocycles. The number of nitrogens with zero attached hydrogens (tertiary/aromatic N) is 3. The van der Waals surface area contributed by atoms with Crippen molar-refractivity contribution in [3.63, 3.8) is 0 Å². The summed E-state index contributed by atoms with van der Waals surface area (Å²) in [6.45, 7) is 5.80. The maximum Gasteiger partial charge on any atom is 0.223 e. The third-order valence-electron chi connectivity index (χ3n) is 5.40. The van der Waals surface area contributed by atoms with Gasteiger partial charge in [-0.25, -0.2) is 0 Å². The van der Waals surface area contributed by atoms with E-state index in [0.717, 1.165) is 18.8 Å². The molecule has 0 radical (unpaired) electrons. The van der Waals surface area contributed by atoms with E-state index >= 15 is 0 Å². The molecule has 0 bridgehead atoms. The molecule has 1 heterocycles. The normalized spacial score (nSPS) is 22.2. The Morgan fingerprint density at radius 3 is 2.72 bits per heavy atom. The summed E-state index contributed by atoms with van der Waals surface area (Å²) in [5.74, 6) is 2.90. The third-order valence-corrected chi connectivity index (χ3v) is 5.40. The third kappa shape index (κ3) is 3.60. The zero-order valence-corrected chi connectivity index (χ0v) is 15.0. The molecule has 0 saturated heterocycles. The van der Waals surface area contributed by atoms with E-state index in [0.29, 0.717) is 24.3 Å². The summed E-state index contributed by atoms with van der Waals surface area (Å²) < 4.78 is 2.08. The zero-order chi connectivity index (χ0) is 17.4. The van der Waals surface area contributed by atoms with E-state index in [1.165, 1.54) is 24.0 Å². The molecule has 2 aliphatic carbocycles. The minimum absolute atomic E-state index is 0.133. The van der Waals surface area contributed by atoms with Crippen molar-refractivity contribution in [3.05, 3.63) is 47.5 Å². The van der Waals surface area contributed by atoms with Gasteiger partial charge in [0.05, 0.1) is 0 Å². The number of hydrogen-bond donors (Lipinski definition) is 1. The predicted octanol–water partition coefficient (Wildman–Crippen LogP) is 3.20. The van der Waals surface area contributed by atoms with Gasteiger partial charge in [-0.2, -0.15) is 0 Å². The molecule has 0 aliphatic heterocycles. The number of amides is 1. The Hall–Kier alpha value is -2.17. The molecule has 0 spiro atoms. The molecule has 5 heteroatoms. The number of aromatic nitrogens is 3. The van der Waals surface area contributed by atoms with Crippen LogP contribution in [-0.2, 0) is 11.3 Å². The molecule has 2 atom stereocenters. The molecule has 0 unspecified atom stereocenters. The maximum atomic E-state index is 12.4. The Bertz CT molecular complexity index is 745. The minimum atomic E-state index is 0.133. The van der Waals surface area contributed by atoms with Crippen molar-refractivity contribution in [2.24, 2.45) is 5.92 Å². The van der Waals surface area contributed by atoms with Gasteiger partial charge in [0, 0.05) is 24.9 Å². The minimum Gasteiger partial charge on any atom is -0.354 e. The highest BCUT2D eigenvalue weighted by Gasteiger charge is 2.43. The van der Waals surface area contributed by atoms with Crippen molar-refractivity contribution in [2.45, 2.75) is 57.4 Å². The van der Waals surface area contributed by atoms with Gasteiger partial charge < -0.3 is 9.88 Å². The zero-order valence-electron chi connectivity index (χ0n) is 15.0. The van der Waals surface area contributed by atoms with E-state index in [2.05, 4.69) is 58.2 Å². The molecule has 4 rings (SSSR count). The molecule has 132 valence electrons. The van der Waals surface area contributed by atoms with Crippen LogP contribution in [0, 0.1) is 5.92 Å². The number of nitrogens with one attached hydrogen (secondary N) is 1. The molecule has 1 aromatic carbocycles. The van der Waals surface area contributed by atoms with E-state index in [1.54, 1.807) is 6.33 Å². The Balaban J connectivity index is 1.26. The summed E-state index contributed by atoms with van der Waals surface area (Å²) in [5.41, 5.74) is 2.64. The van der Waals surface area contributed by atoms with Gasteiger partial charge in [-0.1, -0.05) is 38.1 Å². The van der Waals surface area contributed by atoms with Gasteiger partial charge in [-0.05, 0) is 42.2 Å². The average molecular weight is 338 g/mol. The molecule has 1 N–H and O–H groups in total. The fraction of sp³-hybridized carbons (Fsp3) is 0.550. The largest absolute Gasteiger partial charge is 0.354 e. The Morgan fingerprint density at radius 1 is 1.28 bits per heavy atom. The lowest BCUT2D eigenvalue weighted by Crippen LogP contribution is -2.29. The predicted molar refractivity (Wildman–Crippen MR) is 96.4 cm³/mol. The van der Waals surface area contributed by atoms with Gasteiger partial charge >= 0.3 is 0 Å². The van der Waals surface area contributed by atoms with E-state index in [4.69, 9.17) is 0 Å². The standard InChI is InChI=1S/C20H26N4O/c1-13(2)14-3-5-15(6-4-14)17-11-18(17)20(25)21-9-10-24-12-22-23-19(24)16-7-8-16/h3-6,12-13,16-18H,7-11H2,1-2H3,(H,21,25)/t17-,18+/m1/s1. The van der Waals surface area contributed by atoms with Crippen LogP contribution in [0.3, 0.4) is 0 Å². The smallest absolute Gasteiger partial charge is 0.223 e. The summed E-state index contributed by atoms with van der Waals surface area (Å²) in [6.07, 6.45) is 5.16. The summed E-state index contributed by atoms with van der Waals surface area (Å²) >= 11 is 0. The van der Waals surface area contributed by atoms with Gasteiger partial charge in [0.25, 0.3) is 0 Å². The first-order valence-corrected chi connectivity index (χ1v) is 9.38. The van der Waals surface area contributed by atoms with Crippen LogP contribution < -0.4 is 5.32 Å².